The summed E-state index contributed by atoms with van der Waals surface area (Å²) in [5.74, 6) is 1.46. The molecule has 0 aliphatic carbocycles. The molecule has 0 spiro atoms. The number of fused-ring (bicyclic) bond motifs is 2. The topological polar surface area (TPSA) is 102 Å². The fraction of sp³-hybridized carbons (Fsp3) is 0.328. The van der Waals surface area contributed by atoms with Gasteiger partial charge in [-0.1, -0.05) is 438 Å². The number of para-hydroxylation sites is 2. The summed E-state index contributed by atoms with van der Waals surface area (Å²) in [6.07, 6.45) is 1.16. The molecule has 17 aromatic rings. The second-order valence-electron chi connectivity index (χ2n) is 48.8. The Balaban J connectivity index is 0.000000250. The monoisotopic (exact) mass is 2280 g/mol. The van der Waals surface area contributed by atoms with E-state index in [1.165, 1.54) is 33.4 Å². The van der Waals surface area contributed by atoms with Crippen molar-refractivity contribution in [3.05, 3.63) is 359 Å². The first kappa shape index (κ1) is 87.5. The molecule has 10 heteroatoms. The van der Waals surface area contributed by atoms with Gasteiger partial charge in [-0.3, -0.25) is 19.1 Å². The normalized spacial score (nSPS) is 14.6. The number of nitrogens with zero attached hydrogens (tertiary/aromatic N) is 6. The molecule has 0 amide bonds. The van der Waals surface area contributed by atoms with Gasteiger partial charge in [-0.15, -0.1) is 58.7 Å². The molecular formula is C134H148N6O2Pt2-2. The third-order valence-electron chi connectivity index (χ3n) is 27.3. The molecule has 17 rings (SSSR count). The van der Waals surface area contributed by atoms with E-state index in [-0.39, 0.29) is 108 Å². The largest absolute Gasteiger partial charge is 0.507 e. The summed E-state index contributed by atoms with van der Waals surface area (Å²) in [6, 6.07) is 84.4. The number of pyridine rings is 2. The Kier molecular flexibility index (Phi) is 24.2. The van der Waals surface area contributed by atoms with E-state index in [1.807, 2.05) is 57.3 Å². The number of hydrogen-bond donors (Lipinski definition) is 2. The molecule has 8 nitrogen and oxygen atoms in total. The van der Waals surface area contributed by atoms with E-state index in [1.54, 1.807) is 6.07 Å². The summed E-state index contributed by atoms with van der Waals surface area (Å²) in [6.45, 7) is 53.4. The minimum absolute atomic E-state index is 0. The van der Waals surface area contributed by atoms with Gasteiger partial charge in [0.25, 0.3) is 0 Å². The number of phenols is 2. The Bertz CT molecular complexity index is 8400. The number of hydrogen-bond acceptors (Lipinski definition) is 6. The van der Waals surface area contributed by atoms with E-state index in [0.29, 0.717) is 50.5 Å². The number of benzene rings is 13. The van der Waals surface area contributed by atoms with Gasteiger partial charge in [0, 0.05) is 100 Å². The minimum atomic E-state index is -3.93. The first-order chi connectivity index (χ1) is 72.8. The molecule has 0 aliphatic rings. The molecule has 0 radical (unpaired) electrons. The van der Waals surface area contributed by atoms with Crippen molar-refractivity contribution in [3.8, 4) is 146 Å². The smallest absolute Gasteiger partial charge is 0.148 e. The quantitative estimate of drug-likeness (QED) is 0.112. The predicted octanol–water partition coefficient (Wildman–Crippen LogP) is 36.5. The zero-order valence-corrected chi connectivity index (χ0v) is 93.8. The molecule has 0 atom stereocenters. The summed E-state index contributed by atoms with van der Waals surface area (Å²) >= 11 is 0. The Hall–Kier alpha value is -11.9. The molecule has 0 aliphatic heterocycles. The van der Waals surface area contributed by atoms with Crippen molar-refractivity contribution < 1.29 is 74.3 Å². The fourth-order valence-corrected chi connectivity index (χ4v) is 18.3. The molecule has 0 saturated heterocycles. The van der Waals surface area contributed by atoms with Crippen LogP contribution < -0.4 is 0 Å². The van der Waals surface area contributed by atoms with Crippen LogP contribution in [0.25, 0.3) is 157 Å². The van der Waals surface area contributed by atoms with Crippen molar-refractivity contribution in [1.82, 2.24) is 29.1 Å². The van der Waals surface area contributed by atoms with E-state index in [4.69, 9.17) is 32.8 Å². The van der Waals surface area contributed by atoms with Gasteiger partial charge in [0.05, 0.1) is 54.2 Å². The fourth-order valence-electron chi connectivity index (χ4n) is 18.3. The zero-order valence-electron chi connectivity index (χ0n) is 105. The average molecular weight is 2280 g/mol. The van der Waals surface area contributed by atoms with E-state index in [9.17, 15) is 14.3 Å². The van der Waals surface area contributed by atoms with Crippen LogP contribution in [0, 0.1) is 12.1 Å². The summed E-state index contributed by atoms with van der Waals surface area (Å²) in [5, 5.41) is 25.4. The van der Waals surface area contributed by atoms with E-state index < -0.39 is 95.9 Å². The molecule has 2 N–H and O–H groups in total. The van der Waals surface area contributed by atoms with Crippen LogP contribution in [0.3, 0.4) is 0 Å². The zero-order chi connectivity index (χ0) is 116. The standard InChI is InChI=1S/C68H72N3O.C66H76N3O.2Pt/c1-64(2,3)50-30-28-46(29-31-50)55-40-51(65(4,5)6)32-33-59(55)71-60-23-19-22-54(61(60)70-63(71)56-41-53(67(10,11)12)42-57(62(56)72)68(13,14)15)48-36-49(38-52(37-48)66(7,8)9)58-39-47(34-35-69-58)45-26-24-44(25-27-45)43-20-17-16-18-21-43;1-61(2,3)46-26-22-41(23-27-46)43-32-33-67-55(37-43)45-34-44(35-49(36-45)64(10,11)12)51-20-19-21-57-58(51)68-60(53-39-50(65(13,14)15)40-54(59(53)70)66(16,17)18)69(57)56-31-30-48(63(7,8)9)38-52(56)42-24-28-47(29-25-42)62(4,5)6;;/h16-35,37-42,72H,1-15H3;19-33,35-40,70H,1-18H3;;/q2*-1;;/i;1D3,2D3,3D3,22D,23D,26D,27D,32D,33D,37D;;. The number of aromatic hydroxyl groups is 2. The van der Waals surface area contributed by atoms with Crippen LogP contribution in [-0.4, -0.2) is 39.3 Å². The second kappa shape index (κ2) is 39.8. The van der Waals surface area contributed by atoms with Gasteiger partial charge in [0.2, 0.25) is 0 Å². The third-order valence-corrected chi connectivity index (χ3v) is 27.3. The van der Waals surface area contributed by atoms with Crippen LogP contribution in [0.5, 0.6) is 11.5 Å². The summed E-state index contributed by atoms with van der Waals surface area (Å²) in [7, 11) is 0. The predicted molar refractivity (Wildman–Crippen MR) is 604 cm³/mol. The van der Waals surface area contributed by atoms with E-state index in [2.05, 4.69) is 413 Å². The Labute approximate surface area is 911 Å². The molecular weight excluding hydrogens is 2120 g/mol. The Morgan fingerprint density at radius 3 is 1.01 bits per heavy atom. The molecule has 13 aromatic carbocycles. The number of phenolic OH excluding ortho intramolecular Hbond substituents is 2. The van der Waals surface area contributed by atoms with Crippen LogP contribution in [0.15, 0.2) is 285 Å². The van der Waals surface area contributed by atoms with Gasteiger partial charge in [-0.05, 0) is 204 Å². The molecule has 0 bridgehead atoms. The van der Waals surface area contributed by atoms with Crippen LogP contribution in [0.2, 0.25) is 0 Å². The molecule has 0 fully saturated rings. The van der Waals surface area contributed by atoms with Gasteiger partial charge < -0.3 is 10.2 Å². The second-order valence-corrected chi connectivity index (χ2v) is 48.8. The first-order valence-corrected chi connectivity index (χ1v) is 49.5. The van der Waals surface area contributed by atoms with Gasteiger partial charge in [0.1, 0.15) is 23.1 Å². The Morgan fingerprint density at radius 1 is 0.264 bits per heavy atom. The van der Waals surface area contributed by atoms with Crippen LogP contribution in [0.1, 0.15) is 311 Å². The van der Waals surface area contributed by atoms with E-state index in [0.717, 1.165) is 106 Å². The molecule has 0 saturated carbocycles. The maximum absolute atomic E-state index is 12.7. The summed E-state index contributed by atoms with van der Waals surface area (Å²) in [5.41, 5.74) is 20.3. The molecule has 4 aromatic heterocycles. The number of rotatable bonds is 13. The van der Waals surface area contributed by atoms with Gasteiger partial charge in [-0.25, -0.2) is 9.97 Å². The van der Waals surface area contributed by atoms with Gasteiger partial charge in [0.15, 0.2) is 0 Å². The van der Waals surface area contributed by atoms with Crippen molar-refractivity contribution in [3.63, 3.8) is 0 Å². The van der Waals surface area contributed by atoms with Gasteiger partial charge in [-0.2, -0.15) is 0 Å². The van der Waals surface area contributed by atoms with Crippen molar-refractivity contribution in [2.45, 2.75) is 288 Å². The summed E-state index contributed by atoms with van der Waals surface area (Å²) in [4.78, 5) is 20.7. The number of imidazole rings is 2. The van der Waals surface area contributed by atoms with Gasteiger partial charge >= 0.3 is 0 Å². The Morgan fingerprint density at radius 2 is 0.618 bits per heavy atom. The third kappa shape index (κ3) is 22.8. The van der Waals surface area contributed by atoms with Crippen LogP contribution in [0.4, 0.5) is 0 Å². The average Bonchev–Trinajstić information content (AvgIpc) is 0.794. The van der Waals surface area contributed by atoms with Crippen LogP contribution in [-0.2, 0) is 102 Å². The summed E-state index contributed by atoms with van der Waals surface area (Å²) < 4.78 is 144. The molecule has 144 heavy (non-hydrogen) atoms. The molecule has 748 valence electrons. The maximum Gasteiger partial charge on any atom is 0.148 e. The minimum Gasteiger partial charge on any atom is -0.507 e. The first-order valence-electron chi connectivity index (χ1n) is 57.5. The number of aromatic nitrogens is 6. The van der Waals surface area contributed by atoms with Crippen molar-refractivity contribution >= 4 is 22.1 Å². The molecule has 0 unspecified atom stereocenters. The SMILES string of the molecule is CC(C)(C)c1ccc(-c2cc(C(C)(C)C)ccc2-n2c(-c3cc(C(C)(C)C)cc(C(C)(C)C)c3O)nc3c(-c4[c-]c(-c5cc(-c6ccc(-c7ccccc7)cc6)ccn5)cc(C(C)(C)C)c4)cccc32)cc1.[2H]c1nc(-c2[c-]c(-c3cccc4c3nc(-c3cc(C(C)(C)C)cc(C(C)(C)C)c3O)n4-c3ccc(C(C)(C)C)cc3-c3ccc(C(C)(C)C)cc3)cc(C(C)(C)C)c2)c([2H])c(-c2c([2H])c([2H])c(C(C([2H])([2H])[2H])(C([2H])([2H])[2H])C([2H])([2H])[2H])c([2H])c2[2H])c1[2H].[Pt].[Pt]. The maximum atomic E-state index is 12.7. The van der Waals surface area contributed by atoms with Crippen molar-refractivity contribution in [1.29, 1.82) is 0 Å². The van der Waals surface area contributed by atoms with Crippen molar-refractivity contribution in [2.24, 2.45) is 0 Å². The molecule has 4 heterocycles. The van der Waals surface area contributed by atoms with E-state index >= 15 is 0 Å². The van der Waals surface area contributed by atoms with Crippen molar-refractivity contribution in [2.75, 3.05) is 0 Å². The van der Waals surface area contributed by atoms with Crippen LogP contribution >= 0.6 is 0 Å².